The Hall–Kier alpha value is -1.43. The molecule has 0 radical (unpaired) electrons. The second-order valence-electron chi connectivity index (χ2n) is 4.00. The summed E-state index contributed by atoms with van der Waals surface area (Å²) in [6, 6.07) is 4.13. The second kappa shape index (κ2) is 4.83. The summed E-state index contributed by atoms with van der Waals surface area (Å²) in [5, 5.41) is 7.42. The van der Waals surface area contributed by atoms with Gasteiger partial charge in [-0.1, -0.05) is 13.8 Å². The van der Waals surface area contributed by atoms with Gasteiger partial charge in [0, 0.05) is 0 Å². The Labute approximate surface area is 99.0 Å². The van der Waals surface area contributed by atoms with Crippen LogP contribution in [-0.2, 0) is 14.6 Å². The average molecular weight is 260 g/mol. The first-order valence-corrected chi connectivity index (χ1v) is 6.53. The molecule has 0 aliphatic rings. The summed E-state index contributed by atoms with van der Waals surface area (Å²) in [7, 11) is -3.98. The topological polar surface area (TPSA) is 71.4 Å². The van der Waals surface area contributed by atoms with E-state index in [1.807, 2.05) is 0 Å². The monoisotopic (exact) mass is 260 g/mol. The normalized spacial score (nSPS) is 13.6. The van der Waals surface area contributed by atoms with Crippen LogP contribution in [0.3, 0.4) is 0 Å². The number of hydrogen-bond acceptors (Lipinski definition) is 3. The van der Waals surface area contributed by atoms with Crippen LogP contribution in [0.15, 0.2) is 29.2 Å². The van der Waals surface area contributed by atoms with Gasteiger partial charge in [-0.15, -0.1) is 0 Å². The molecule has 0 fully saturated rings. The van der Waals surface area contributed by atoms with Gasteiger partial charge in [0.25, 0.3) is 0 Å². The Bertz CT molecular complexity index is 505. The lowest BCUT2D eigenvalue weighted by molar-refractivity contribution is -0.137. The zero-order valence-corrected chi connectivity index (χ0v) is 10.2. The Kier molecular flexibility index (Phi) is 3.87. The van der Waals surface area contributed by atoms with E-state index < -0.39 is 32.8 Å². The van der Waals surface area contributed by atoms with Gasteiger partial charge in [0.1, 0.15) is 5.82 Å². The molecule has 0 aromatic heterocycles. The molecule has 1 aromatic rings. The lowest BCUT2D eigenvalue weighted by Gasteiger charge is -2.16. The Morgan fingerprint density at radius 3 is 2.06 bits per heavy atom. The third-order valence-electron chi connectivity index (χ3n) is 2.33. The van der Waals surface area contributed by atoms with E-state index in [1.54, 1.807) is 0 Å². The standard InChI is InChI=1S/C11H13FO4S/c1-7(2)10(11(13)14)17(15,16)9-5-3-8(12)4-6-9/h3-7,10H,1-2H3,(H,13,14). The number of aliphatic carboxylic acids is 1. The number of carbonyl (C=O) groups is 1. The minimum absolute atomic E-state index is 0.181. The fourth-order valence-corrected chi connectivity index (χ4v) is 3.34. The molecule has 1 unspecified atom stereocenters. The number of sulfone groups is 1. The van der Waals surface area contributed by atoms with Crippen molar-refractivity contribution >= 4 is 15.8 Å². The zero-order chi connectivity index (χ0) is 13.2. The van der Waals surface area contributed by atoms with E-state index in [2.05, 4.69) is 0 Å². The Balaban J connectivity index is 3.26. The molecule has 17 heavy (non-hydrogen) atoms. The van der Waals surface area contributed by atoms with Gasteiger partial charge in [0.05, 0.1) is 4.90 Å². The maximum atomic E-state index is 12.7. The molecule has 0 spiro atoms. The molecule has 1 aromatic carbocycles. The number of carboxylic acid groups (broad SMARTS) is 1. The highest BCUT2D eigenvalue weighted by Gasteiger charge is 2.36. The van der Waals surface area contributed by atoms with Crippen molar-refractivity contribution in [1.82, 2.24) is 0 Å². The van der Waals surface area contributed by atoms with Crippen LogP contribution in [0.4, 0.5) is 4.39 Å². The molecule has 1 rings (SSSR count). The first-order chi connectivity index (χ1) is 7.76. The van der Waals surface area contributed by atoms with E-state index in [4.69, 9.17) is 5.11 Å². The molecule has 0 bridgehead atoms. The molecule has 6 heteroatoms. The number of rotatable bonds is 4. The van der Waals surface area contributed by atoms with Gasteiger partial charge >= 0.3 is 5.97 Å². The van der Waals surface area contributed by atoms with E-state index in [-0.39, 0.29) is 4.90 Å². The minimum atomic E-state index is -3.98. The third kappa shape index (κ3) is 2.82. The number of carboxylic acids is 1. The van der Waals surface area contributed by atoms with E-state index in [1.165, 1.54) is 13.8 Å². The summed E-state index contributed by atoms with van der Waals surface area (Å²) >= 11 is 0. The number of halogens is 1. The molecule has 1 N–H and O–H groups in total. The lowest BCUT2D eigenvalue weighted by atomic mass is 10.1. The van der Waals surface area contributed by atoms with Crippen LogP contribution >= 0.6 is 0 Å². The van der Waals surface area contributed by atoms with E-state index in [9.17, 15) is 17.6 Å². The van der Waals surface area contributed by atoms with Crippen molar-refractivity contribution in [2.45, 2.75) is 24.0 Å². The first-order valence-electron chi connectivity index (χ1n) is 4.99. The zero-order valence-electron chi connectivity index (χ0n) is 9.42. The molecule has 0 saturated heterocycles. The van der Waals surface area contributed by atoms with Crippen LogP contribution in [0.1, 0.15) is 13.8 Å². The highest BCUT2D eigenvalue weighted by molar-refractivity contribution is 7.92. The minimum Gasteiger partial charge on any atom is -0.480 e. The second-order valence-corrected chi connectivity index (χ2v) is 6.07. The molecular weight excluding hydrogens is 247 g/mol. The molecule has 0 heterocycles. The van der Waals surface area contributed by atoms with Gasteiger partial charge in [0.2, 0.25) is 0 Å². The quantitative estimate of drug-likeness (QED) is 0.836. The molecule has 1 atom stereocenters. The van der Waals surface area contributed by atoms with Gasteiger partial charge in [-0.25, -0.2) is 12.8 Å². The fraction of sp³-hybridized carbons (Fsp3) is 0.364. The van der Waals surface area contributed by atoms with Crippen molar-refractivity contribution in [3.63, 3.8) is 0 Å². The maximum Gasteiger partial charge on any atom is 0.322 e. The van der Waals surface area contributed by atoms with Crippen molar-refractivity contribution in [3.05, 3.63) is 30.1 Å². The van der Waals surface area contributed by atoms with E-state index in [0.29, 0.717) is 0 Å². The first kappa shape index (κ1) is 13.6. The predicted octanol–water partition coefficient (Wildman–Crippen LogP) is 1.71. The van der Waals surface area contributed by atoms with Crippen molar-refractivity contribution < 1.29 is 22.7 Å². The Morgan fingerprint density at radius 2 is 1.71 bits per heavy atom. The number of benzene rings is 1. The summed E-state index contributed by atoms with van der Waals surface area (Å²) in [6.45, 7) is 3.03. The summed E-state index contributed by atoms with van der Waals surface area (Å²) in [4.78, 5) is 10.8. The van der Waals surface area contributed by atoms with Crippen LogP contribution in [0.2, 0.25) is 0 Å². The number of hydrogen-bond donors (Lipinski definition) is 1. The summed E-state index contributed by atoms with van der Waals surface area (Å²) in [5.74, 6) is -2.53. The Morgan fingerprint density at radius 1 is 1.24 bits per heavy atom. The molecule has 4 nitrogen and oxygen atoms in total. The van der Waals surface area contributed by atoms with Gasteiger partial charge in [-0.3, -0.25) is 4.79 Å². The third-order valence-corrected chi connectivity index (χ3v) is 4.67. The molecule has 0 aliphatic heterocycles. The maximum absolute atomic E-state index is 12.7. The van der Waals surface area contributed by atoms with E-state index >= 15 is 0 Å². The molecule has 94 valence electrons. The van der Waals surface area contributed by atoms with Gasteiger partial charge in [-0.2, -0.15) is 0 Å². The van der Waals surface area contributed by atoms with Gasteiger partial charge in [0.15, 0.2) is 15.1 Å². The highest BCUT2D eigenvalue weighted by Crippen LogP contribution is 2.22. The highest BCUT2D eigenvalue weighted by atomic mass is 32.2. The van der Waals surface area contributed by atoms with Crippen LogP contribution in [0, 0.1) is 11.7 Å². The van der Waals surface area contributed by atoms with Crippen molar-refractivity contribution in [1.29, 1.82) is 0 Å². The van der Waals surface area contributed by atoms with Crippen molar-refractivity contribution in [2.75, 3.05) is 0 Å². The molecular formula is C11H13FO4S. The van der Waals surface area contributed by atoms with Crippen LogP contribution in [0.25, 0.3) is 0 Å². The predicted molar refractivity (Wildman–Crippen MR) is 59.8 cm³/mol. The van der Waals surface area contributed by atoms with Crippen molar-refractivity contribution in [3.8, 4) is 0 Å². The van der Waals surface area contributed by atoms with Gasteiger partial charge in [-0.05, 0) is 30.2 Å². The van der Waals surface area contributed by atoms with Gasteiger partial charge < -0.3 is 5.11 Å². The van der Waals surface area contributed by atoms with Crippen LogP contribution in [-0.4, -0.2) is 24.7 Å². The average Bonchev–Trinajstić information content (AvgIpc) is 2.16. The fourth-order valence-electron chi connectivity index (χ4n) is 1.55. The molecule has 0 saturated carbocycles. The summed E-state index contributed by atoms with van der Waals surface area (Å²) in [6.07, 6.45) is 0. The lowest BCUT2D eigenvalue weighted by Crippen LogP contribution is -2.34. The van der Waals surface area contributed by atoms with E-state index in [0.717, 1.165) is 24.3 Å². The summed E-state index contributed by atoms with van der Waals surface area (Å²) in [5.41, 5.74) is 0. The molecule has 0 amide bonds. The van der Waals surface area contributed by atoms with Crippen molar-refractivity contribution in [2.24, 2.45) is 5.92 Å². The SMILES string of the molecule is CC(C)C(C(=O)O)S(=O)(=O)c1ccc(F)cc1. The summed E-state index contributed by atoms with van der Waals surface area (Å²) < 4.78 is 36.7. The van der Waals surface area contributed by atoms with Crippen LogP contribution in [0.5, 0.6) is 0 Å². The molecule has 0 aliphatic carbocycles. The largest absolute Gasteiger partial charge is 0.480 e. The smallest absolute Gasteiger partial charge is 0.322 e. The van der Waals surface area contributed by atoms with Crippen LogP contribution < -0.4 is 0 Å².